The first kappa shape index (κ1) is 15.9. The molecule has 0 radical (unpaired) electrons. The van der Waals surface area contributed by atoms with Crippen molar-refractivity contribution in [3.63, 3.8) is 0 Å². The molecule has 1 saturated heterocycles. The Morgan fingerprint density at radius 2 is 2.17 bits per heavy atom. The van der Waals surface area contributed by atoms with Gasteiger partial charge in [-0.15, -0.1) is 0 Å². The Kier molecular flexibility index (Phi) is 4.41. The van der Waals surface area contributed by atoms with Crippen LogP contribution in [0.2, 0.25) is 0 Å². The quantitative estimate of drug-likeness (QED) is 0.451. The summed E-state index contributed by atoms with van der Waals surface area (Å²) in [6, 6.07) is 2.94. The van der Waals surface area contributed by atoms with Crippen LogP contribution < -0.4 is 16.0 Å². The molecular weight excluding hydrogens is 317 g/mol. The Morgan fingerprint density at radius 3 is 2.92 bits per heavy atom. The molecule has 0 unspecified atom stereocenters. The minimum absolute atomic E-state index is 0.0957. The van der Waals surface area contributed by atoms with Crippen LogP contribution in [0.3, 0.4) is 0 Å². The topological polar surface area (TPSA) is 116 Å². The Labute approximate surface area is 136 Å². The molecule has 0 bridgehead atoms. The summed E-state index contributed by atoms with van der Waals surface area (Å²) < 4.78 is 13.1. The van der Waals surface area contributed by atoms with E-state index < -0.39 is 18.0 Å². The summed E-state index contributed by atoms with van der Waals surface area (Å²) in [6.45, 7) is 0.409. The van der Waals surface area contributed by atoms with Gasteiger partial charge < -0.3 is 15.6 Å². The van der Waals surface area contributed by atoms with Crippen molar-refractivity contribution in [1.82, 2.24) is 25.9 Å². The molecule has 4 amide bonds. The number of aromatic nitrogens is 2. The number of benzene rings is 1. The van der Waals surface area contributed by atoms with Crippen molar-refractivity contribution in [3.05, 3.63) is 29.8 Å². The van der Waals surface area contributed by atoms with Crippen molar-refractivity contribution in [1.29, 1.82) is 0 Å². The SMILES string of the molecule is O=C(C[C@H]1NC(=O)NC1=O)NCCCc1nc2ccc(F)cc2[nH]1. The van der Waals surface area contributed by atoms with E-state index in [0.29, 0.717) is 36.2 Å². The van der Waals surface area contributed by atoms with E-state index >= 15 is 0 Å². The summed E-state index contributed by atoms with van der Waals surface area (Å²) in [5, 5.41) is 7.12. The molecule has 1 aromatic heterocycles. The Morgan fingerprint density at radius 1 is 1.33 bits per heavy atom. The second-order valence-electron chi connectivity index (χ2n) is 5.52. The molecule has 1 fully saturated rings. The number of urea groups is 1. The lowest BCUT2D eigenvalue weighted by Gasteiger charge is -2.07. The zero-order valence-electron chi connectivity index (χ0n) is 12.7. The summed E-state index contributed by atoms with van der Waals surface area (Å²) in [6.07, 6.45) is 1.13. The number of carbonyl (C=O) groups is 3. The summed E-state index contributed by atoms with van der Waals surface area (Å²) in [5.41, 5.74) is 1.33. The second-order valence-corrected chi connectivity index (χ2v) is 5.52. The standard InChI is InChI=1S/C15H16FN5O3/c16-8-3-4-9-10(6-8)19-12(18-9)2-1-5-17-13(22)7-11-14(23)21-15(24)20-11/h3-4,6,11H,1-2,5,7H2,(H,17,22)(H,18,19)(H2,20,21,23,24)/t11-/m1/s1. The Hall–Kier alpha value is -2.97. The highest BCUT2D eigenvalue weighted by Gasteiger charge is 2.30. The predicted octanol–water partition coefficient (Wildman–Crippen LogP) is 0.349. The smallest absolute Gasteiger partial charge is 0.322 e. The highest BCUT2D eigenvalue weighted by Crippen LogP contribution is 2.13. The lowest BCUT2D eigenvalue weighted by molar-refractivity contribution is -0.126. The number of aryl methyl sites for hydroxylation is 1. The molecular formula is C15H16FN5O3. The molecule has 0 saturated carbocycles. The van der Waals surface area contributed by atoms with E-state index in [0.717, 1.165) is 0 Å². The van der Waals surface area contributed by atoms with E-state index in [1.54, 1.807) is 6.07 Å². The number of nitrogens with one attached hydrogen (secondary N) is 4. The summed E-state index contributed by atoms with van der Waals surface area (Å²) >= 11 is 0. The minimum atomic E-state index is -0.817. The molecule has 1 aromatic carbocycles. The van der Waals surface area contributed by atoms with Gasteiger partial charge >= 0.3 is 6.03 Å². The van der Waals surface area contributed by atoms with Gasteiger partial charge in [0.15, 0.2) is 0 Å². The number of halogens is 1. The van der Waals surface area contributed by atoms with E-state index in [-0.39, 0.29) is 18.1 Å². The molecule has 3 rings (SSSR count). The number of carbonyl (C=O) groups excluding carboxylic acids is 3. The zero-order valence-corrected chi connectivity index (χ0v) is 12.7. The Balaban J connectivity index is 1.42. The van der Waals surface area contributed by atoms with Gasteiger partial charge in [0.05, 0.1) is 17.5 Å². The monoisotopic (exact) mass is 333 g/mol. The number of H-pyrrole nitrogens is 1. The van der Waals surface area contributed by atoms with Crippen LogP contribution in [0.4, 0.5) is 9.18 Å². The summed E-state index contributed by atoms with van der Waals surface area (Å²) in [5.74, 6) is -0.422. The van der Waals surface area contributed by atoms with Crippen molar-refractivity contribution in [2.75, 3.05) is 6.54 Å². The van der Waals surface area contributed by atoms with Crippen molar-refractivity contribution in [3.8, 4) is 0 Å². The number of imide groups is 1. The zero-order chi connectivity index (χ0) is 17.1. The molecule has 24 heavy (non-hydrogen) atoms. The van der Waals surface area contributed by atoms with Crippen LogP contribution >= 0.6 is 0 Å². The van der Waals surface area contributed by atoms with Gasteiger partial charge in [0.2, 0.25) is 5.91 Å². The lowest BCUT2D eigenvalue weighted by Crippen LogP contribution is -2.36. The van der Waals surface area contributed by atoms with Gasteiger partial charge in [-0.05, 0) is 24.6 Å². The molecule has 0 aliphatic carbocycles. The van der Waals surface area contributed by atoms with E-state index in [1.807, 2.05) is 0 Å². The number of amides is 4. The van der Waals surface area contributed by atoms with E-state index in [2.05, 4.69) is 25.9 Å². The number of fused-ring (bicyclic) bond motifs is 1. The van der Waals surface area contributed by atoms with Crippen molar-refractivity contribution in [2.24, 2.45) is 0 Å². The van der Waals surface area contributed by atoms with Crippen molar-refractivity contribution < 1.29 is 18.8 Å². The third kappa shape index (κ3) is 3.67. The van der Waals surface area contributed by atoms with Gasteiger partial charge in [-0.25, -0.2) is 14.2 Å². The fourth-order valence-corrected chi connectivity index (χ4v) is 2.50. The van der Waals surface area contributed by atoms with Crippen LogP contribution in [-0.4, -0.2) is 40.4 Å². The van der Waals surface area contributed by atoms with Crippen LogP contribution in [0.25, 0.3) is 11.0 Å². The number of rotatable bonds is 6. The maximum Gasteiger partial charge on any atom is 0.322 e. The number of aromatic amines is 1. The van der Waals surface area contributed by atoms with Crippen LogP contribution in [-0.2, 0) is 16.0 Å². The molecule has 1 aliphatic rings. The molecule has 1 atom stereocenters. The van der Waals surface area contributed by atoms with Gasteiger partial charge in [-0.2, -0.15) is 0 Å². The lowest BCUT2D eigenvalue weighted by atomic mass is 10.2. The number of hydrogen-bond acceptors (Lipinski definition) is 4. The number of imidazole rings is 1. The molecule has 9 heteroatoms. The summed E-state index contributed by atoms with van der Waals surface area (Å²) in [4.78, 5) is 41.4. The third-order valence-corrected chi connectivity index (χ3v) is 3.65. The van der Waals surface area contributed by atoms with Crippen LogP contribution in [0.5, 0.6) is 0 Å². The minimum Gasteiger partial charge on any atom is -0.356 e. The van der Waals surface area contributed by atoms with Crippen molar-refractivity contribution in [2.45, 2.75) is 25.3 Å². The van der Waals surface area contributed by atoms with Crippen LogP contribution in [0.1, 0.15) is 18.7 Å². The fourth-order valence-electron chi connectivity index (χ4n) is 2.50. The Bertz CT molecular complexity index is 804. The van der Waals surface area contributed by atoms with E-state index in [4.69, 9.17) is 0 Å². The van der Waals surface area contributed by atoms with Gasteiger partial charge in [-0.1, -0.05) is 0 Å². The van der Waals surface area contributed by atoms with Gasteiger partial charge in [0.1, 0.15) is 17.7 Å². The molecule has 0 spiro atoms. The molecule has 126 valence electrons. The summed E-state index contributed by atoms with van der Waals surface area (Å²) in [7, 11) is 0. The molecule has 4 N–H and O–H groups in total. The highest BCUT2D eigenvalue weighted by atomic mass is 19.1. The predicted molar refractivity (Wildman–Crippen MR) is 82.5 cm³/mol. The maximum atomic E-state index is 13.1. The number of nitrogens with zero attached hydrogens (tertiary/aromatic N) is 1. The first-order valence-electron chi connectivity index (χ1n) is 7.53. The average Bonchev–Trinajstić information content (AvgIpc) is 3.06. The van der Waals surface area contributed by atoms with Crippen LogP contribution in [0, 0.1) is 5.82 Å². The molecule has 2 aromatic rings. The third-order valence-electron chi connectivity index (χ3n) is 3.65. The molecule has 1 aliphatic heterocycles. The molecule has 2 heterocycles. The van der Waals surface area contributed by atoms with Gasteiger partial charge in [-0.3, -0.25) is 14.9 Å². The van der Waals surface area contributed by atoms with Crippen LogP contribution in [0.15, 0.2) is 18.2 Å². The number of hydrogen-bond donors (Lipinski definition) is 4. The second kappa shape index (κ2) is 6.65. The fraction of sp³-hybridized carbons (Fsp3) is 0.333. The van der Waals surface area contributed by atoms with Gasteiger partial charge in [0, 0.05) is 13.0 Å². The van der Waals surface area contributed by atoms with E-state index in [9.17, 15) is 18.8 Å². The normalized spacial score (nSPS) is 17.0. The maximum absolute atomic E-state index is 13.1. The molecule has 8 nitrogen and oxygen atoms in total. The van der Waals surface area contributed by atoms with Gasteiger partial charge in [0.25, 0.3) is 5.91 Å². The van der Waals surface area contributed by atoms with E-state index in [1.165, 1.54) is 12.1 Å². The first-order chi connectivity index (χ1) is 11.5. The highest BCUT2D eigenvalue weighted by molar-refractivity contribution is 6.05. The largest absolute Gasteiger partial charge is 0.356 e. The first-order valence-corrected chi connectivity index (χ1v) is 7.53. The van der Waals surface area contributed by atoms with Crippen molar-refractivity contribution >= 4 is 28.9 Å². The average molecular weight is 333 g/mol.